The van der Waals surface area contributed by atoms with E-state index in [2.05, 4.69) is 36.1 Å². The summed E-state index contributed by atoms with van der Waals surface area (Å²) in [6.45, 7) is 2.50. The molecule has 1 amide bonds. The van der Waals surface area contributed by atoms with Crippen molar-refractivity contribution in [2.45, 2.75) is 13.5 Å². The van der Waals surface area contributed by atoms with E-state index in [-0.39, 0.29) is 18.0 Å². The van der Waals surface area contributed by atoms with E-state index in [4.69, 9.17) is 0 Å². The minimum atomic E-state index is -0.267. The molecule has 3 aromatic heterocycles. The van der Waals surface area contributed by atoms with Crippen LogP contribution in [0.25, 0.3) is 0 Å². The Bertz CT molecular complexity index is 973. The Morgan fingerprint density at radius 3 is 2.68 bits per heavy atom. The van der Waals surface area contributed by atoms with Crippen molar-refractivity contribution in [2.75, 3.05) is 23.7 Å². The van der Waals surface area contributed by atoms with E-state index in [0.29, 0.717) is 30.4 Å². The molecular formula is C18H20N8O2. The number of aromatic nitrogens is 5. The van der Waals surface area contributed by atoms with Crippen molar-refractivity contribution < 1.29 is 4.79 Å². The van der Waals surface area contributed by atoms with Crippen LogP contribution in [-0.4, -0.2) is 43.7 Å². The summed E-state index contributed by atoms with van der Waals surface area (Å²) in [4.78, 5) is 31.7. The normalized spacial score (nSPS) is 10.3. The largest absolute Gasteiger partial charge is 0.367 e. The summed E-state index contributed by atoms with van der Waals surface area (Å²) in [5, 5.41) is 17.0. The zero-order chi connectivity index (χ0) is 19.8. The molecule has 3 heterocycles. The fourth-order valence-electron chi connectivity index (χ4n) is 2.32. The van der Waals surface area contributed by atoms with Gasteiger partial charge in [0.2, 0.25) is 5.91 Å². The van der Waals surface area contributed by atoms with Crippen molar-refractivity contribution >= 4 is 23.2 Å². The van der Waals surface area contributed by atoms with E-state index in [9.17, 15) is 9.59 Å². The molecule has 0 atom stereocenters. The third kappa shape index (κ3) is 5.59. The van der Waals surface area contributed by atoms with Crippen molar-refractivity contribution in [1.82, 2.24) is 30.0 Å². The number of rotatable bonds is 8. The van der Waals surface area contributed by atoms with Crippen molar-refractivity contribution in [2.24, 2.45) is 0 Å². The number of carbonyl (C=O) groups excluding carboxylic acids is 1. The number of hydrogen-bond acceptors (Lipinski definition) is 8. The van der Waals surface area contributed by atoms with Gasteiger partial charge in [-0.25, -0.2) is 4.98 Å². The van der Waals surface area contributed by atoms with Crippen molar-refractivity contribution in [3.8, 4) is 0 Å². The molecule has 3 rings (SSSR count). The van der Waals surface area contributed by atoms with Crippen LogP contribution in [0.3, 0.4) is 0 Å². The van der Waals surface area contributed by atoms with Gasteiger partial charge < -0.3 is 16.0 Å². The maximum absolute atomic E-state index is 11.9. The van der Waals surface area contributed by atoms with E-state index in [1.54, 1.807) is 31.5 Å². The molecule has 0 saturated heterocycles. The lowest BCUT2D eigenvalue weighted by Gasteiger charge is -2.09. The van der Waals surface area contributed by atoms with Gasteiger partial charge >= 0.3 is 0 Å². The highest BCUT2D eigenvalue weighted by atomic mass is 16.2. The number of aryl methyl sites for hydroxylation is 1. The van der Waals surface area contributed by atoms with Gasteiger partial charge in [-0.1, -0.05) is 0 Å². The summed E-state index contributed by atoms with van der Waals surface area (Å²) in [6, 6.07) is 8.67. The molecule has 0 aliphatic carbocycles. The molecule has 3 N–H and O–H groups in total. The van der Waals surface area contributed by atoms with Crippen LogP contribution >= 0.6 is 0 Å². The Balaban J connectivity index is 1.40. The smallest absolute Gasteiger partial charge is 0.253 e. The zero-order valence-electron chi connectivity index (χ0n) is 15.3. The van der Waals surface area contributed by atoms with Crippen molar-refractivity contribution in [3.05, 3.63) is 65.1 Å². The number of nitrogens with zero attached hydrogens (tertiary/aromatic N) is 5. The third-order valence-corrected chi connectivity index (χ3v) is 3.68. The topological polar surface area (TPSA) is 127 Å². The number of hydrogen-bond donors (Lipinski definition) is 3. The highest BCUT2D eigenvalue weighted by Crippen LogP contribution is 2.12. The first-order valence-electron chi connectivity index (χ1n) is 8.64. The second-order valence-corrected chi connectivity index (χ2v) is 5.94. The lowest BCUT2D eigenvalue weighted by Crippen LogP contribution is -2.34. The maximum atomic E-state index is 11.9. The summed E-state index contributed by atoms with van der Waals surface area (Å²) in [5.74, 6) is 0.922. The third-order valence-electron chi connectivity index (χ3n) is 3.68. The molecule has 3 aromatic rings. The molecule has 10 nitrogen and oxygen atoms in total. The van der Waals surface area contributed by atoms with E-state index in [1.807, 2.05) is 12.1 Å². The first-order chi connectivity index (χ1) is 13.6. The van der Waals surface area contributed by atoms with Crippen LogP contribution in [0.2, 0.25) is 0 Å². The molecule has 0 aliphatic rings. The van der Waals surface area contributed by atoms with Crippen LogP contribution in [0.15, 0.2) is 53.8 Å². The summed E-state index contributed by atoms with van der Waals surface area (Å²) in [5.41, 5.74) is 1.19. The molecule has 0 radical (unpaired) electrons. The van der Waals surface area contributed by atoms with E-state index >= 15 is 0 Å². The van der Waals surface area contributed by atoms with Crippen LogP contribution in [0, 0.1) is 6.92 Å². The minimum Gasteiger partial charge on any atom is -0.367 e. The van der Waals surface area contributed by atoms with Gasteiger partial charge in [0.05, 0.1) is 18.2 Å². The number of pyridine rings is 1. The lowest BCUT2D eigenvalue weighted by molar-refractivity contribution is -0.121. The second kappa shape index (κ2) is 9.21. The molecule has 0 unspecified atom stereocenters. The Kier molecular flexibility index (Phi) is 6.24. The van der Waals surface area contributed by atoms with Crippen LogP contribution < -0.4 is 21.5 Å². The minimum absolute atomic E-state index is 0.0688. The molecule has 0 aromatic carbocycles. The summed E-state index contributed by atoms with van der Waals surface area (Å²) in [6.07, 6.45) is 4.75. The van der Waals surface area contributed by atoms with Crippen LogP contribution in [0.4, 0.5) is 17.3 Å². The monoisotopic (exact) mass is 380 g/mol. The average Bonchev–Trinajstić information content (AvgIpc) is 2.69. The fraction of sp³-hybridized carbons (Fsp3) is 0.222. The predicted octanol–water partition coefficient (Wildman–Crippen LogP) is 0.709. The quantitative estimate of drug-likeness (QED) is 0.488. The van der Waals surface area contributed by atoms with Gasteiger partial charge in [0.25, 0.3) is 5.56 Å². The Labute approximate surface area is 161 Å². The molecule has 0 saturated carbocycles. The van der Waals surface area contributed by atoms with Crippen molar-refractivity contribution in [1.29, 1.82) is 0 Å². The van der Waals surface area contributed by atoms with Gasteiger partial charge in [0.15, 0.2) is 5.82 Å². The van der Waals surface area contributed by atoms with Gasteiger partial charge in [-0.05, 0) is 31.2 Å². The van der Waals surface area contributed by atoms with Gasteiger partial charge in [-0.3, -0.25) is 19.1 Å². The lowest BCUT2D eigenvalue weighted by atomic mass is 10.4. The molecule has 0 bridgehead atoms. The second-order valence-electron chi connectivity index (χ2n) is 5.94. The van der Waals surface area contributed by atoms with E-state index in [1.165, 1.54) is 17.0 Å². The standard InChI is InChI=1S/C18H20N8O2/c1-13-9-18(28)26(12-22-13)11-17(27)21-8-7-20-15-4-5-16(25-24-15)23-14-3-2-6-19-10-14/h2-6,9-10,12H,7-8,11H2,1H3,(H,20,24)(H,21,27)(H,23,25). The zero-order valence-corrected chi connectivity index (χ0v) is 15.3. The number of nitrogens with one attached hydrogen (secondary N) is 3. The molecular weight excluding hydrogens is 360 g/mol. The van der Waals surface area contributed by atoms with Crippen LogP contribution in [0.5, 0.6) is 0 Å². The van der Waals surface area contributed by atoms with Gasteiger partial charge in [-0.2, -0.15) is 0 Å². The van der Waals surface area contributed by atoms with E-state index < -0.39 is 0 Å². The van der Waals surface area contributed by atoms with Gasteiger partial charge in [-0.15, -0.1) is 10.2 Å². The molecule has 144 valence electrons. The average molecular weight is 380 g/mol. The van der Waals surface area contributed by atoms with Crippen LogP contribution in [0.1, 0.15) is 5.69 Å². The predicted molar refractivity (Wildman–Crippen MR) is 104 cm³/mol. The van der Waals surface area contributed by atoms with Crippen LogP contribution in [-0.2, 0) is 11.3 Å². The summed E-state index contributed by atoms with van der Waals surface area (Å²) >= 11 is 0. The maximum Gasteiger partial charge on any atom is 0.253 e. The first kappa shape index (κ1) is 19.0. The fourth-order valence-corrected chi connectivity index (χ4v) is 2.32. The van der Waals surface area contributed by atoms with E-state index in [0.717, 1.165) is 5.69 Å². The van der Waals surface area contributed by atoms with Gasteiger partial charge in [0, 0.05) is 31.0 Å². The Morgan fingerprint density at radius 2 is 1.96 bits per heavy atom. The number of anilines is 3. The molecule has 0 fully saturated rings. The molecule has 0 aliphatic heterocycles. The Morgan fingerprint density at radius 1 is 1.14 bits per heavy atom. The summed E-state index contributed by atoms with van der Waals surface area (Å²) in [7, 11) is 0. The van der Waals surface area contributed by atoms with Gasteiger partial charge in [0.1, 0.15) is 12.4 Å². The number of amides is 1. The Hall–Kier alpha value is -3.82. The van der Waals surface area contributed by atoms with Crippen molar-refractivity contribution in [3.63, 3.8) is 0 Å². The molecule has 28 heavy (non-hydrogen) atoms. The highest BCUT2D eigenvalue weighted by molar-refractivity contribution is 5.75. The molecule has 0 spiro atoms. The number of carbonyl (C=O) groups is 1. The first-order valence-corrected chi connectivity index (χ1v) is 8.64. The summed E-state index contributed by atoms with van der Waals surface area (Å²) < 4.78 is 1.26. The highest BCUT2D eigenvalue weighted by Gasteiger charge is 2.05. The SMILES string of the molecule is Cc1cc(=O)n(CC(=O)NCCNc2ccc(Nc3cccnc3)nn2)cn1. The molecule has 10 heteroatoms.